The third kappa shape index (κ3) is 5.80. The van der Waals surface area contributed by atoms with Crippen LogP contribution in [0.5, 0.6) is 0 Å². The molecule has 0 aliphatic rings. The van der Waals surface area contributed by atoms with E-state index in [-0.39, 0.29) is 0 Å². The monoisotopic (exact) mass is 822 g/mol. The van der Waals surface area contributed by atoms with E-state index in [0.29, 0.717) is 17.5 Å². The maximum absolute atomic E-state index is 6.85. The quantitative estimate of drug-likeness (QED) is 0.168. The molecule has 6 heteroatoms. The van der Waals surface area contributed by atoms with Crippen molar-refractivity contribution in [3.8, 4) is 62.1 Å². The number of fused-ring (bicyclic) bond motifs is 9. The highest BCUT2D eigenvalue weighted by Crippen LogP contribution is 2.42. The summed E-state index contributed by atoms with van der Waals surface area (Å²) in [6.45, 7) is 0. The first-order valence-corrected chi connectivity index (χ1v) is 21.9. The number of hydrogen-bond acceptors (Lipinski definition) is 5. The van der Waals surface area contributed by atoms with Gasteiger partial charge in [0.05, 0.1) is 16.7 Å². The van der Waals surface area contributed by atoms with Gasteiger partial charge in [0, 0.05) is 58.4 Å². The molecule has 0 amide bonds. The van der Waals surface area contributed by atoms with Crippen LogP contribution in [0, 0.1) is 0 Å². The lowest BCUT2D eigenvalue weighted by atomic mass is 9.98. The van der Waals surface area contributed by atoms with Crippen LogP contribution in [0.25, 0.3) is 126 Å². The zero-order valence-corrected chi connectivity index (χ0v) is 34.6. The molecule has 0 spiro atoms. The van der Waals surface area contributed by atoms with Crippen LogP contribution < -0.4 is 0 Å². The molecule has 0 aliphatic carbocycles. The van der Waals surface area contributed by atoms with Gasteiger partial charge >= 0.3 is 0 Å². The lowest BCUT2D eigenvalue weighted by molar-refractivity contribution is 0.666. The number of benzene rings is 9. The molecular weight excluding hydrogens is 789 g/mol. The van der Waals surface area contributed by atoms with Gasteiger partial charge in [-0.05, 0) is 70.8 Å². The third-order valence-corrected chi connectivity index (χ3v) is 13.4. The number of rotatable bonds is 6. The van der Waals surface area contributed by atoms with Gasteiger partial charge in [-0.15, -0.1) is 11.3 Å². The highest BCUT2D eigenvalue weighted by atomic mass is 32.1. The SMILES string of the molecule is c1ccc(-c2cccc(-c3ccc4sc5cc(-c6nc(-c7ccccc7)nc(-c7cccc8oc9c(-n%10c%11ccccc%11c%11ccccc%11%10)cccc9c78)n6)ccc5c4c3)c2)cc1. The van der Waals surface area contributed by atoms with Crippen LogP contribution in [-0.2, 0) is 0 Å². The summed E-state index contributed by atoms with van der Waals surface area (Å²) in [4.78, 5) is 15.6. The van der Waals surface area contributed by atoms with Crippen molar-refractivity contribution in [2.24, 2.45) is 0 Å². The van der Waals surface area contributed by atoms with Crippen LogP contribution in [-0.4, -0.2) is 19.5 Å². The molecule has 13 aromatic rings. The first kappa shape index (κ1) is 35.6. The first-order valence-electron chi connectivity index (χ1n) is 21.1. The summed E-state index contributed by atoms with van der Waals surface area (Å²) < 4.78 is 11.6. The Hall–Kier alpha value is -8.19. The van der Waals surface area contributed by atoms with Crippen molar-refractivity contribution in [1.82, 2.24) is 19.5 Å². The number of furan rings is 1. The second-order valence-corrected chi connectivity index (χ2v) is 17.0. The van der Waals surface area contributed by atoms with Crippen LogP contribution in [0.1, 0.15) is 0 Å². The topological polar surface area (TPSA) is 56.7 Å². The zero-order valence-electron chi connectivity index (χ0n) is 33.7. The number of hydrogen-bond donors (Lipinski definition) is 0. The predicted molar refractivity (Wildman–Crippen MR) is 262 cm³/mol. The van der Waals surface area contributed by atoms with E-state index in [1.54, 1.807) is 11.3 Å². The largest absolute Gasteiger partial charge is 0.454 e. The molecule has 4 heterocycles. The van der Waals surface area contributed by atoms with E-state index in [1.165, 1.54) is 53.2 Å². The Morgan fingerprint density at radius 3 is 1.73 bits per heavy atom. The van der Waals surface area contributed by atoms with Crippen molar-refractivity contribution in [3.63, 3.8) is 0 Å². The van der Waals surface area contributed by atoms with Gasteiger partial charge < -0.3 is 8.98 Å². The fourth-order valence-corrected chi connectivity index (χ4v) is 10.4. The number of para-hydroxylation sites is 3. The summed E-state index contributed by atoms with van der Waals surface area (Å²) >= 11 is 1.80. The van der Waals surface area contributed by atoms with Crippen molar-refractivity contribution < 1.29 is 4.42 Å². The zero-order chi connectivity index (χ0) is 41.4. The predicted octanol–water partition coefficient (Wildman–Crippen LogP) is 15.6. The van der Waals surface area contributed by atoms with Crippen molar-refractivity contribution in [2.45, 2.75) is 0 Å². The first-order chi connectivity index (χ1) is 31.2. The van der Waals surface area contributed by atoms with Gasteiger partial charge in [0.2, 0.25) is 0 Å². The molecule has 0 fully saturated rings. The third-order valence-electron chi connectivity index (χ3n) is 12.3. The van der Waals surface area contributed by atoms with Gasteiger partial charge in [-0.3, -0.25) is 0 Å². The van der Waals surface area contributed by atoms with Gasteiger partial charge in [-0.25, -0.2) is 15.0 Å². The van der Waals surface area contributed by atoms with Gasteiger partial charge in [0.1, 0.15) is 5.58 Å². The van der Waals surface area contributed by atoms with Crippen LogP contribution in [0.2, 0.25) is 0 Å². The molecule has 0 atom stereocenters. The Morgan fingerprint density at radius 1 is 0.365 bits per heavy atom. The Bertz CT molecular complexity index is 3870. The van der Waals surface area contributed by atoms with E-state index < -0.39 is 0 Å². The second-order valence-electron chi connectivity index (χ2n) is 15.9. The van der Waals surface area contributed by atoms with Crippen molar-refractivity contribution in [2.75, 3.05) is 0 Å². The molecule has 294 valence electrons. The lowest BCUT2D eigenvalue weighted by Gasteiger charge is -2.10. The van der Waals surface area contributed by atoms with Crippen LogP contribution in [0.4, 0.5) is 0 Å². The molecular formula is C57H34N4OS. The number of thiophene rings is 1. The Balaban J connectivity index is 0.955. The molecule has 0 bridgehead atoms. The molecule has 9 aromatic carbocycles. The van der Waals surface area contributed by atoms with E-state index in [2.05, 4.69) is 180 Å². The van der Waals surface area contributed by atoms with E-state index in [9.17, 15) is 0 Å². The van der Waals surface area contributed by atoms with Crippen LogP contribution in [0.15, 0.2) is 211 Å². The van der Waals surface area contributed by atoms with Crippen LogP contribution >= 0.6 is 11.3 Å². The second kappa shape index (κ2) is 14.2. The van der Waals surface area contributed by atoms with Gasteiger partial charge in [-0.2, -0.15) is 0 Å². The molecule has 63 heavy (non-hydrogen) atoms. The Morgan fingerprint density at radius 2 is 0.952 bits per heavy atom. The van der Waals surface area contributed by atoms with Crippen molar-refractivity contribution in [1.29, 1.82) is 0 Å². The Kier molecular flexibility index (Phi) is 8.01. The molecule has 0 aliphatic heterocycles. The molecule has 0 saturated heterocycles. The minimum atomic E-state index is 0.591. The Labute approximate surface area is 365 Å². The fourth-order valence-electron chi connectivity index (χ4n) is 9.32. The van der Waals surface area contributed by atoms with Gasteiger partial charge in [0.15, 0.2) is 23.1 Å². The van der Waals surface area contributed by atoms with E-state index >= 15 is 0 Å². The number of aromatic nitrogens is 4. The molecule has 0 N–H and O–H groups in total. The smallest absolute Gasteiger partial charge is 0.164 e. The standard InChI is InChI=1S/C57H34N4OS/c1-3-14-35(15-4-1)37-18-11-19-38(32-37)39-29-31-51-46(33-39)43-30-28-40(34-52(43)63-51)56-58-55(36-16-5-2-6-17-36)59-57(60-56)45-23-13-27-50-53(45)44-22-12-26-49(54(44)62-50)61-47-24-9-7-20-41(47)42-21-8-10-25-48(42)61/h1-34H. The maximum Gasteiger partial charge on any atom is 0.164 e. The van der Waals surface area contributed by atoms with E-state index in [4.69, 9.17) is 19.4 Å². The molecule has 0 unspecified atom stereocenters. The molecule has 4 aromatic heterocycles. The highest BCUT2D eigenvalue weighted by molar-refractivity contribution is 7.25. The average Bonchev–Trinajstić information content (AvgIpc) is 4.04. The van der Waals surface area contributed by atoms with E-state index in [1.807, 2.05) is 30.3 Å². The summed E-state index contributed by atoms with van der Waals surface area (Å²) in [6.07, 6.45) is 0. The van der Waals surface area contributed by atoms with Gasteiger partial charge in [-0.1, -0.05) is 158 Å². The summed E-state index contributed by atoms with van der Waals surface area (Å²) in [7, 11) is 0. The van der Waals surface area contributed by atoms with E-state index in [0.717, 1.165) is 55.3 Å². The lowest BCUT2D eigenvalue weighted by Crippen LogP contribution is -2.00. The molecule has 5 nitrogen and oxygen atoms in total. The molecule has 0 radical (unpaired) electrons. The minimum absolute atomic E-state index is 0.591. The molecule has 13 rings (SSSR count). The summed E-state index contributed by atoms with van der Waals surface area (Å²) in [5.74, 6) is 1.82. The summed E-state index contributed by atoms with van der Waals surface area (Å²) in [5.41, 5.74) is 12.4. The molecule has 0 saturated carbocycles. The number of nitrogens with zero attached hydrogens (tertiary/aromatic N) is 4. The van der Waals surface area contributed by atoms with Crippen LogP contribution in [0.3, 0.4) is 0 Å². The maximum atomic E-state index is 6.85. The summed E-state index contributed by atoms with van der Waals surface area (Å²) in [6, 6.07) is 72.6. The van der Waals surface area contributed by atoms with Gasteiger partial charge in [0.25, 0.3) is 0 Å². The average molecular weight is 823 g/mol. The highest BCUT2D eigenvalue weighted by Gasteiger charge is 2.22. The van der Waals surface area contributed by atoms with Crippen molar-refractivity contribution in [3.05, 3.63) is 206 Å². The normalized spacial score (nSPS) is 11.8. The van der Waals surface area contributed by atoms with Crippen molar-refractivity contribution >= 4 is 75.3 Å². The minimum Gasteiger partial charge on any atom is -0.454 e. The summed E-state index contributed by atoms with van der Waals surface area (Å²) in [5, 5.41) is 6.83. The fraction of sp³-hybridized carbons (Fsp3) is 0.